The van der Waals surface area contributed by atoms with Crippen LogP contribution in [0.25, 0.3) is 0 Å². The minimum absolute atomic E-state index is 0.0308. The number of ether oxygens (including phenoxy) is 1. The van der Waals surface area contributed by atoms with Crippen molar-refractivity contribution >= 4 is 11.6 Å². The fraction of sp³-hybridized carbons (Fsp3) is 0.357. The first-order valence-corrected chi connectivity index (χ1v) is 5.99. The molecule has 1 saturated heterocycles. The maximum atomic E-state index is 12.3. The van der Waals surface area contributed by atoms with Gasteiger partial charge in [0.2, 0.25) is 5.91 Å². The Bertz CT molecular complexity index is 502. The average molecular weight is 267 g/mol. The van der Waals surface area contributed by atoms with E-state index in [-0.39, 0.29) is 17.6 Å². The lowest BCUT2D eigenvalue weighted by molar-refractivity contribution is -0.117. The van der Waals surface area contributed by atoms with E-state index in [2.05, 4.69) is 11.3 Å². The van der Waals surface area contributed by atoms with Gasteiger partial charge in [-0.3, -0.25) is 4.79 Å². The van der Waals surface area contributed by atoms with E-state index in [0.717, 1.165) is 0 Å². The summed E-state index contributed by atoms with van der Waals surface area (Å²) in [7, 11) is 0. The van der Waals surface area contributed by atoms with Gasteiger partial charge in [0.05, 0.1) is 0 Å². The third kappa shape index (κ3) is 2.92. The molecule has 1 aromatic rings. The van der Waals surface area contributed by atoms with Crippen LogP contribution in [0.15, 0.2) is 30.9 Å². The summed E-state index contributed by atoms with van der Waals surface area (Å²) in [6, 6.07) is 4.88. The quantitative estimate of drug-likeness (QED) is 0.784. The third-order valence-electron chi connectivity index (χ3n) is 3.19. The molecule has 2 rings (SSSR count). The van der Waals surface area contributed by atoms with Crippen LogP contribution in [0.5, 0.6) is 5.75 Å². The molecule has 1 atom stereocenters. The molecule has 1 amide bonds. The zero-order valence-electron chi connectivity index (χ0n) is 10.6. The second-order valence-corrected chi connectivity index (χ2v) is 4.53. The highest BCUT2D eigenvalue weighted by molar-refractivity contribution is 5.96. The molecule has 5 heteroatoms. The Kier molecular flexibility index (Phi) is 3.83. The minimum atomic E-state index is -2.87. The zero-order chi connectivity index (χ0) is 14.0. The van der Waals surface area contributed by atoms with Crippen LogP contribution in [0, 0.1) is 12.8 Å². The number of hydrogen-bond acceptors (Lipinski definition) is 2. The van der Waals surface area contributed by atoms with Gasteiger partial charge >= 0.3 is 6.61 Å². The molecule has 0 N–H and O–H groups in total. The van der Waals surface area contributed by atoms with E-state index in [4.69, 9.17) is 0 Å². The first-order chi connectivity index (χ1) is 9.01. The van der Waals surface area contributed by atoms with Gasteiger partial charge in [-0.15, -0.1) is 6.58 Å². The van der Waals surface area contributed by atoms with E-state index in [1.54, 1.807) is 30.0 Å². The Morgan fingerprint density at radius 1 is 1.53 bits per heavy atom. The van der Waals surface area contributed by atoms with Gasteiger partial charge in [0.25, 0.3) is 0 Å². The van der Waals surface area contributed by atoms with E-state index >= 15 is 0 Å². The molecular weight excluding hydrogens is 252 g/mol. The Morgan fingerprint density at radius 2 is 2.26 bits per heavy atom. The van der Waals surface area contributed by atoms with E-state index in [1.165, 1.54) is 6.07 Å². The number of carbonyl (C=O) groups is 1. The molecule has 0 aliphatic carbocycles. The number of aryl methyl sites for hydroxylation is 1. The highest BCUT2D eigenvalue weighted by Gasteiger charge is 2.29. The van der Waals surface area contributed by atoms with Gasteiger partial charge in [0.1, 0.15) is 5.75 Å². The maximum Gasteiger partial charge on any atom is 0.387 e. The summed E-state index contributed by atoms with van der Waals surface area (Å²) in [4.78, 5) is 13.4. The molecular formula is C14H15F2NO2. The van der Waals surface area contributed by atoms with Crippen LogP contribution in [0.1, 0.15) is 12.0 Å². The highest BCUT2D eigenvalue weighted by atomic mass is 19.3. The molecule has 1 heterocycles. The fourth-order valence-electron chi connectivity index (χ4n) is 2.12. The first kappa shape index (κ1) is 13.5. The Hall–Kier alpha value is -1.91. The summed E-state index contributed by atoms with van der Waals surface area (Å²) in [6.45, 7) is 3.01. The number of alkyl halides is 2. The SMILES string of the molecule is C=CC1CC(=O)N(c2ccc(C)c(OC(F)F)c2)C1. The molecule has 102 valence electrons. The predicted octanol–water partition coefficient (Wildman–Crippen LogP) is 3.14. The van der Waals surface area contributed by atoms with Crippen molar-refractivity contribution in [2.45, 2.75) is 20.0 Å². The minimum Gasteiger partial charge on any atom is -0.434 e. The molecule has 1 aromatic carbocycles. The van der Waals surface area contributed by atoms with Crippen LogP contribution in [0.3, 0.4) is 0 Å². The average Bonchev–Trinajstić information content (AvgIpc) is 2.73. The molecule has 0 spiro atoms. The van der Waals surface area contributed by atoms with Crippen molar-refractivity contribution in [2.75, 3.05) is 11.4 Å². The van der Waals surface area contributed by atoms with Crippen LogP contribution in [-0.2, 0) is 4.79 Å². The number of hydrogen-bond donors (Lipinski definition) is 0. The van der Waals surface area contributed by atoms with Crippen molar-refractivity contribution in [2.24, 2.45) is 5.92 Å². The van der Waals surface area contributed by atoms with Crippen LogP contribution < -0.4 is 9.64 Å². The monoisotopic (exact) mass is 267 g/mol. The van der Waals surface area contributed by atoms with E-state index < -0.39 is 6.61 Å². The topological polar surface area (TPSA) is 29.5 Å². The molecule has 0 saturated carbocycles. The summed E-state index contributed by atoms with van der Waals surface area (Å²) < 4.78 is 29.0. The van der Waals surface area contributed by atoms with Crippen molar-refractivity contribution < 1.29 is 18.3 Å². The Morgan fingerprint density at radius 3 is 2.84 bits per heavy atom. The van der Waals surface area contributed by atoms with Gasteiger partial charge in [-0.25, -0.2) is 0 Å². The lowest BCUT2D eigenvalue weighted by Gasteiger charge is -2.18. The highest BCUT2D eigenvalue weighted by Crippen LogP contribution is 2.30. The zero-order valence-corrected chi connectivity index (χ0v) is 10.6. The smallest absolute Gasteiger partial charge is 0.387 e. The van der Waals surface area contributed by atoms with Gasteiger partial charge in [-0.1, -0.05) is 12.1 Å². The lowest BCUT2D eigenvalue weighted by Crippen LogP contribution is -2.24. The van der Waals surface area contributed by atoms with E-state index in [1.807, 2.05) is 0 Å². The van der Waals surface area contributed by atoms with Crippen LogP contribution in [-0.4, -0.2) is 19.1 Å². The summed E-state index contributed by atoms with van der Waals surface area (Å²) >= 11 is 0. The van der Waals surface area contributed by atoms with Crippen molar-refractivity contribution in [3.05, 3.63) is 36.4 Å². The lowest BCUT2D eigenvalue weighted by atomic mass is 10.1. The van der Waals surface area contributed by atoms with Crippen LogP contribution >= 0.6 is 0 Å². The van der Waals surface area contributed by atoms with Crippen molar-refractivity contribution in [1.82, 2.24) is 0 Å². The van der Waals surface area contributed by atoms with Gasteiger partial charge in [-0.05, 0) is 18.6 Å². The molecule has 19 heavy (non-hydrogen) atoms. The largest absolute Gasteiger partial charge is 0.434 e. The van der Waals surface area contributed by atoms with Crippen LogP contribution in [0.2, 0.25) is 0 Å². The van der Waals surface area contributed by atoms with Crippen molar-refractivity contribution in [3.63, 3.8) is 0 Å². The number of halogens is 2. The third-order valence-corrected chi connectivity index (χ3v) is 3.19. The number of anilines is 1. The standard InChI is InChI=1S/C14H15F2NO2/c1-3-10-6-13(18)17(8-10)11-5-4-9(2)12(7-11)19-14(15)16/h3-5,7,10,14H,1,6,8H2,2H3. The molecule has 1 aliphatic heterocycles. The summed E-state index contributed by atoms with van der Waals surface area (Å²) in [5.41, 5.74) is 1.19. The molecule has 0 aromatic heterocycles. The number of carbonyl (C=O) groups excluding carboxylic acids is 1. The second kappa shape index (κ2) is 5.38. The predicted molar refractivity (Wildman–Crippen MR) is 68.5 cm³/mol. The fourth-order valence-corrected chi connectivity index (χ4v) is 2.12. The van der Waals surface area contributed by atoms with E-state index in [9.17, 15) is 13.6 Å². The maximum absolute atomic E-state index is 12.3. The van der Waals surface area contributed by atoms with E-state index in [0.29, 0.717) is 24.2 Å². The molecule has 1 fully saturated rings. The van der Waals surface area contributed by atoms with Crippen molar-refractivity contribution in [3.8, 4) is 5.75 Å². The van der Waals surface area contributed by atoms with Gasteiger partial charge in [0, 0.05) is 30.6 Å². The molecule has 3 nitrogen and oxygen atoms in total. The normalized spacial score (nSPS) is 19.1. The molecule has 0 radical (unpaired) electrons. The molecule has 1 aliphatic rings. The van der Waals surface area contributed by atoms with Gasteiger partial charge in [-0.2, -0.15) is 8.78 Å². The van der Waals surface area contributed by atoms with Gasteiger partial charge in [0.15, 0.2) is 0 Å². The van der Waals surface area contributed by atoms with Crippen LogP contribution in [0.4, 0.5) is 14.5 Å². The first-order valence-electron chi connectivity index (χ1n) is 5.99. The Labute approximate surface area is 110 Å². The number of nitrogens with zero attached hydrogens (tertiary/aromatic N) is 1. The van der Waals surface area contributed by atoms with Crippen molar-refractivity contribution in [1.29, 1.82) is 0 Å². The number of benzene rings is 1. The summed E-state index contributed by atoms with van der Waals surface area (Å²) in [5.74, 6) is 0.173. The Balaban J connectivity index is 2.26. The number of amides is 1. The van der Waals surface area contributed by atoms with Gasteiger partial charge < -0.3 is 9.64 Å². The molecule has 0 bridgehead atoms. The summed E-state index contributed by atoms with van der Waals surface area (Å²) in [5, 5.41) is 0. The second-order valence-electron chi connectivity index (χ2n) is 4.53. The number of rotatable bonds is 4. The molecule has 1 unspecified atom stereocenters. The summed E-state index contributed by atoms with van der Waals surface area (Å²) in [6.07, 6.45) is 2.14.